The summed E-state index contributed by atoms with van der Waals surface area (Å²) in [4.78, 5) is 0. The fraction of sp³-hybridized carbons (Fsp3) is 0.357. The van der Waals surface area contributed by atoms with Crippen molar-refractivity contribution in [1.29, 1.82) is 0 Å². The minimum atomic E-state index is -0.591. The highest BCUT2D eigenvalue weighted by atomic mass is 32.1. The number of ether oxygens (including phenoxy) is 1. The largest absolute Gasteiger partial charge is 0.389 e. The Morgan fingerprint density at radius 2 is 2.11 bits per heavy atom. The first-order chi connectivity index (χ1) is 9.22. The topological polar surface area (TPSA) is 53.5 Å². The SMILES string of the molecule is C=CCNC(=S)NC[C@H](O)COCc1ccccc1. The summed E-state index contributed by atoms with van der Waals surface area (Å²) < 4.78 is 5.43. The van der Waals surface area contributed by atoms with Crippen LogP contribution in [-0.2, 0) is 11.3 Å². The Kier molecular flexibility index (Phi) is 7.81. The first-order valence-electron chi connectivity index (χ1n) is 6.14. The molecule has 0 amide bonds. The van der Waals surface area contributed by atoms with Crippen LogP contribution in [0.15, 0.2) is 43.0 Å². The van der Waals surface area contributed by atoms with Gasteiger partial charge in [-0.3, -0.25) is 0 Å². The first kappa shape index (κ1) is 15.6. The van der Waals surface area contributed by atoms with E-state index in [4.69, 9.17) is 17.0 Å². The molecule has 0 bridgehead atoms. The van der Waals surface area contributed by atoms with E-state index in [9.17, 15) is 5.11 Å². The minimum Gasteiger partial charge on any atom is -0.389 e. The summed E-state index contributed by atoms with van der Waals surface area (Å²) in [5.41, 5.74) is 1.09. The summed E-state index contributed by atoms with van der Waals surface area (Å²) >= 11 is 5.01. The summed E-state index contributed by atoms with van der Waals surface area (Å²) in [6.45, 7) is 5.31. The van der Waals surface area contributed by atoms with Gasteiger partial charge in [0.05, 0.1) is 19.3 Å². The zero-order chi connectivity index (χ0) is 13.9. The quantitative estimate of drug-likeness (QED) is 0.494. The number of nitrogens with one attached hydrogen (secondary N) is 2. The smallest absolute Gasteiger partial charge is 0.166 e. The minimum absolute atomic E-state index is 0.270. The number of hydrogen-bond donors (Lipinski definition) is 3. The Morgan fingerprint density at radius 1 is 1.37 bits per heavy atom. The van der Waals surface area contributed by atoms with E-state index in [1.807, 2.05) is 30.3 Å². The number of aliphatic hydroxyl groups excluding tert-OH is 1. The molecular formula is C14H20N2O2S. The van der Waals surface area contributed by atoms with Gasteiger partial charge in [0, 0.05) is 13.1 Å². The summed E-state index contributed by atoms with van der Waals surface area (Å²) in [5, 5.41) is 16.0. The number of aliphatic hydroxyl groups is 1. The predicted molar refractivity (Wildman–Crippen MR) is 80.9 cm³/mol. The van der Waals surface area contributed by atoms with E-state index in [-0.39, 0.29) is 6.61 Å². The van der Waals surface area contributed by atoms with Crippen molar-refractivity contribution in [2.45, 2.75) is 12.7 Å². The number of benzene rings is 1. The lowest BCUT2D eigenvalue weighted by Crippen LogP contribution is -2.40. The molecule has 1 atom stereocenters. The molecule has 3 N–H and O–H groups in total. The summed E-state index contributed by atoms with van der Waals surface area (Å²) in [5.74, 6) is 0. The molecule has 0 heterocycles. The average Bonchev–Trinajstić information content (AvgIpc) is 2.44. The van der Waals surface area contributed by atoms with Gasteiger partial charge in [-0.2, -0.15) is 0 Å². The molecule has 0 aliphatic carbocycles. The molecule has 104 valence electrons. The second-order valence-electron chi connectivity index (χ2n) is 4.03. The molecule has 4 nitrogen and oxygen atoms in total. The van der Waals surface area contributed by atoms with E-state index < -0.39 is 6.10 Å². The van der Waals surface area contributed by atoms with Gasteiger partial charge >= 0.3 is 0 Å². The van der Waals surface area contributed by atoms with Crippen molar-refractivity contribution in [3.05, 3.63) is 48.6 Å². The molecule has 5 heteroatoms. The molecule has 0 fully saturated rings. The van der Waals surface area contributed by atoms with E-state index >= 15 is 0 Å². The molecule has 0 aromatic heterocycles. The fourth-order valence-electron chi connectivity index (χ4n) is 1.38. The second-order valence-corrected chi connectivity index (χ2v) is 4.44. The van der Waals surface area contributed by atoms with Crippen molar-refractivity contribution in [2.24, 2.45) is 0 Å². The molecular weight excluding hydrogens is 260 g/mol. The molecule has 0 spiro atoms. The van der Waals surface area contributed by atoms with Gasteiger partial charge in [0.25, 0.3) is 0 Å². The number of hydrogen-bond acceptors (Lipinski definition) is 3. The van der Waals surface area contributed by atoms with Crippen LogP contribution in [0.5, 0.6) is 0 Å². The molecule has 0 aliphatic heterocycles. The third-order valence-corrected chi connectivity index (χ3v) is 2.62. The van der Waals surface area contributed by atoms with E-state index in [1.54, 1.807) is 6.08 Å². The average molecular weight is 280 g/mol. The van der Waals surface area contributed by atoms with Crippen LogP contribution in [0.25, 0.3) is 0 Å². The summed E-state index contributed by atoms with van der Waals surface area (Å²) in [6, 6.07) is 9.85. The maximum absolute atomic E-state index is 9.71. The van der Waals surface area contributed by atoms with E-state index in [0.29, 0.717) is 24.8 Å². The van der Waals surface area contributed by atoms with Crippen molar-refractivity contribution in [3.8, 4) is 0 Å². The van der Waals surface area contributed by atoms with Gasteiger partial charge in [0.2, 0.25) is 0 Å². The van der Waals surface area contributed by atoms with Crippen LogP contribution in [0, 0.1) is 0 Å². The van der Waals surface area contributed by atoms with Crippen LogP contribution >= 0.6 is 12.2 Å². The lowest BCUT2D eigenvalue weighted by Gasteiger charge is -2.14. The van der Waals surface area contributed by atoms with Crippen molar-refractivity contribution >= 4 is 17.3 Å². The molecule has 0 unspecified atom stereocenters. The number of rotatable bonds is 8. The van der Waals surface area contributed by atoms with E-state index in [2.05, 4.69) is 17.2 Å². The highest BCUT2D eigenvalue weighted by Gasteiger charge is 2.05. The molecule has 0 saturated carbocycles. The number of thiocarbonyl (C=S) groups is 1. The van der Waals surface area contributed by atoms with Crippen LogP contribution < -0.4 is 10.6 Å². The van der Waals surface area contributed by atoms with Gasteiger partial charge in [0.15, 0.2) is 5.11 Å². The van der Waals surface area contributed by atoms with E-state index in [1.165, 1.54) is 0 Å². The zero-order valence-corrected chi connectivity index (χ0v) is 11.7. The van der Waals surface area contributed by atoms with Gasteiger partial charge in [-0.05, 0) is 17.8 Å². The van der Waals surface area contributed by atoms with Crippen LogP contribution in [-0.4, -0.2) is 36.0 Å². The van der Waals surface area contributed by atoms with Gasteiger partial charge in [-0.15, -0.1) is 6.58 Å². The predicted octanol–water partition coefficient (Wildman–Crippen LogP) is 1.21. The van der Waals surface area contributed by atoms with Crippen molar-refractivity contribution < 1.29 is 9.84 Å². The normalized spacial score (nSPS) is 11.6. The van der Waals surface area contributed by atoms with Crippen LogP contribution in [0.3, 0.4) is 0 Å². The summed E-state index contributed by atoms with van der Waals surface area (Å²) in [7, 11) is 0. The summed E-state index contributed by atoms with van der Waals surface area (Å²) in [6.07, 6.45) is 1.13. The lowest BCUT2D eigenvalue weighted by molar-refractivity contribution is 0.0309. The first-order valence-corrected chi connectivity index (χ1v) is 6.55. The molecule has 1 aromatic carbocycles. The lowest BCUT2D eigenvalue weighted by atomic mass is 10.2. The Labute approximate surface area is 119 Å². The Balaban J connectivity index is 2.09. The highest BCUT2D eigenvalue weighted by molar-refractivity contribution is 7.80. The van der Waals surface area contributed by atoms with Crippen molar-refractivity contribution in [3.63, 3.8) is 0 Å². The molecule has 1 aromatic rings. The van der Waals surface area contributed by atoms with Crippen LogP contribution in [0.4, 0.5) is 0 Å². The van der Waals surface area contributed by atoms with Gasteiger partial charge < -0.3 is 20.5 Å². The highest BCUT2D eigenvalue weighted by Crippen LogP contribution is 2.00. The van der Waals surface area contributed by atoms with Crippen LogP contribution in [0.2, 0.25) is 0 Å². The van der Waals surface area contributed by atoms with Crippen molar-refractivity contribution in [1.82, 2.24) is 10.6 Å². The van der Waals surface area contributed by atoms with E-state index in [0.717, 1.165) is 5.56 Å². The second kappa shape index (κ2) is 9.49. The maximum atomic E-state index is 9.71. The molecule has 0 radical (unpaired) electrons. The Hall–Kier alpha value is -1.43. The monoisotopic (exact) mass is 280 g/mol. The molecule has 0 aliphatic rings. The molecule has 19 heavy (non-hydrogen) atoms. The third kappa shape index (κ3) is 7.56. The fourth-order valence-corrected chi connectivity index (χ4v) is 1.55. The standard InChI is InChI=1S/C14H20N2O2S/c1-2-8-15-14(19)16-9-13(17)11-18-10-12-6-4-3-5-7-12/h2-7,13,17H,1,8-11H2,(H2,15,16,19)/t13-/m0/s1. The van der Waals surface area contributed by atoms with Gasteiger partial charge in [-0.1, -0.05) is 36.4 Å². The van der Waals surface area contributed by atoms with Gasteiger partial charge in [-0.25, -0.2) is 0 Å². The Bertz CT molecular complexity index is 384. The third-order valence-electron chi connectivity index (χ3n) is 2.33. The van der Waals surface area contributed by atoms with Crippen LogP contribution in [0.1, 0.15) is 5.56 Å². The Morgan fingerprint density at radius 3 is 2.79 bits per heavy atom. The van der Waals surface area contributed by atoms with Gasteiger partial charge in [0.1, 0.15) is 0 Å². The zero-order valence-electron chi connectivity index (χ0n) is 10.8. The molecule has 0 saturated heterocycles. The molecule has 1 rings (SSSR count). The maximum Gasteiger partial charge on any atom is 0.166 e. The van der Waals surface area contributed by atoms with Crippen molar-refractivity contribution in [2.75, 3.05) is 19.7 Å².